The van der Waals surface area contributed by atoms with E-state index < -0.39 is 6.04 Å². The molecule has 2 amide bonds. The molecule has 10 heteroatoms. The molecule has 2 atom stereocenters. The van der Waals surface area contributed by atoms with E-state index in [9.17, 15) is 9.59 Å². The Hall–Kier alpha value is -4.57. The zero-order chi connectivity index (χ0) is 30.5. The third kappa shape index (κ3) is 6.15. The molecule has 2 aliphatic rings. The number of carbonyl (C=O) groups excluding carboxylic acids is 2. The number of nitrogens with zero attached hydrogens (tertiary/aromatic N) is 4. The summed E-state index contributed by atoms with van der Waals surface area (Å²) < 4.78 is 11.0. The van der Waals surface area contributed by atoms with Crippen LogP contribution in [0.5, 0.6) is 11.5 Å². The fraction of sp³-hybridized carbons (Fsp3) is 0.364. The normalized spacial score (nSPS) is 16.5. The van der Waals surface area contributed by atoms with E-state index in [0.717, 1.165) is 37.4 Å². The number of anilines is 1. The second-order valence-electron chi connectivity index (χ2n) is 10.9. The highest BCUT2D eigenvalue weighted by molar-refractivity contribution is 6.24. The lowest BCUT2D eigenvalue weighted by molar-refractivity contribution is 0.0572. The van der Waals surface area contributed by atoms with E-state index >= 15 is 0 Å². The van der Waals surface area contributed by atoms with Crippen LogP contribution in [0.4, 0.5) is 5.69 Å². The van der Waals surface area contributed by atoms with E-state index in [2.05, 4.69) is 46.0 Å². The number of methoxy groups -OCH3 is 2. The van der Waals surface area contributed by atoms with Crippen LogP contribution in [-0.2, 0) is 0 Å². The Morgan fingerprint density at radius 1 is 0.860 bits per heavy atom. The van der Waals surface area contributed by atoms with Crippen molar-refractivity contribution in [2.24, 2.45) is 16.5 Å². The van der Waals surface area contributed by atoms with Crippen LogP contribution in [0.2, 0.25) is 0 Å². The van der Waals surface area contributed by atoms with E-state index in [1.165, 1.54) is 10.5 Å². The number of amides is 2. The zero-order valence-electron chi connectivity index (χ0n) is 25.0. The molecule has 2 aliphatic heterocycles. The monoisotopic (exact) mass is 584 g/mol. The number of piperazine rings is 1. The average Bonchev–Trinajstić information content (AvgIpc) is 3.30. The Kier molecular flexibility index (Phi) is 9.16. The van der Waals surface area contributed by atoms with E-state index in [4.69, 9.17) is 20.9 Å². The number of ether oxygens (including phenoxy) is 2. The molecule has 0 radical (unpaired) electrons. The van der Waals surface area contributed by atoms with Gasteiger partial charge < -0.3 is 25.8 Å². The standard InChI is InChI=1S/C33H40N6O4/c1-22(23-9-5-4-6-10-23)37-17-19-38(20-18-37)27-12-7-11-25-30(27)32(41)39(31(25)40)26(13-8-16-36-33(34)35)24-14-15-28(42-2)29(21-24)43-3/h4-7,9-12,14-15,21-22,26H,8,13,16-20H2,1-3H3,(H4,34,35,36)/t22-,26?/m1/s1. The van der Waals surface area contributed by atoms with Crippen LogP contribution < -0.4 is 25.8 Å². The first-order valence-corrected chi connectivity index (χ1v) is 14.7. The Labute approximate surface area is 252 Å². The van der Waals surface area contributed by atoms with Crippen molar-refractivity contribution in [2.75, 3.05) is 51.8 Å². The number of benzene rings is 3. The van der Waals surface area contributed by atoms with Crippen molar-refractivity contribution in [1.29, 1.82) is 0 Å². The number of guanidine groups is 1. The minimum atomic E-state index is -0.544. The molecular weight excluding hydrogens is 544 g/mol. The highest BCUT2D eigenvalue weighted by Gasteiger charge is 2.43. The van der Waals surface area contributed by atoms with Gasteiger partial charge in [0.05, 0.1) is 37.1 Å². The first-order chi connectivity index (χ1) is 20.8. The summed E-state index contributed by atoms with van der Waals surface area (Å²) in [5.41, 5.74) is 14.8. The van der Waals surface area contributed by atoms with Gasteiger partial charge in [-0.25, -0.2) is 0 Å². The van der Waals surface area contributed by atoms with Crippen molar-refractivity contribution in [3.63, 3.8) is 0 Å². The number of aliphatic imine (C=N–C) groups is 1. The number of hydrogen-bond acceptors (Lipinski definition) is 7. The highest BCUT2D eigenvalue weighted by Crippen LogP contribution is 2.40. The van der Waals surface area contributed by atoms with Gasteiger partial charge in [0.1, 0.15) is 0 Å². The molecule has 3 aromatic carbocycles. The van der Waals surface area contributed by atoms with Crippen LogP contribution in [-0.4, -0.2) is 74.5 Å². The third-order valence-corrected chi connectivity index (χ3v) is 8.44. The quantitative estimate of drug-likeness (QED) is 0.150. The van der Waals surface area contributed by atoms with Gasteiger partial charge in [0, 0.05) is 38.8 Å². The second kappa shape index (κ2) is 13.2. The summed E-state index contributed by atoms with van der Waals surface area (Å²) in [5, 5.41) is 0. The molecule has 1 saturated heterocycles. The molecule has 5 rings (SSSR count). The maximum Gasteiger partial charge on any atom is 0.264 e. The van der Waals surface area contributed by atoms with E-state index in [1.54, 1.807) is 26.4 Å². The van der Waals surface area contributed by atoms with Gasteiger partial charge in [-0.1, -0.05) is 42.5 Å². The van der Waals surface area contributed by atoms with Crippen LogP contribution in [0.1, 0.15) is 63.7 Å². The van der Waals surface area contributed by atoms with Crippen molar-refractivity contribution in [3.05, 3.63) is 89.0 Å². The maximum atomic E-state index is 14.2. The van der Waals surface area contributed by atoms with Crippen LogP contribution in [0, 0.1) is 0 Å². The molecule has 2 heterocycles. The molecule has 0 aliphatic carbocycles. The van der Waals surface area contributed by atoms with Gasteiger partial charge in [0.25, 0.3) is 11.8 Å². The summed E-state index contributed by atoms with van der Waals surface area (Å²) in [4.78, 5) is 38.3. The van der Waals surface area contributed by atoms with Crippen molar-refractivity contribution in [1.82, 2.24) is 9.80 Å². The number of rotatable bonds is 11. The van der Waals surface area contributed by atoms with Gasteiger partial charge in [-0.3, -0.25) is 24.4 Å². The molecule has 0 spiro atoms. The first-order valence-electron chi connectivity index (χ1n) is 14.7. The first kappa shape index (κ1) is 29.9. The smallest absolute Gasteiger partial charge is 0.264 e. The summed E-state index contributed by atoms with van der Waals surface area (Å²) in [7, 11) is 3.13. The number of nitrogens with two attached hydrogens (primary N) is 2. The molecule has 0 bridgehead atoms. The van der Waals surface area contributed by atoms with Gasteiger partial charge >= 0.3 is 0 Å². The van der Waals surface area contributed by atoms with Gasteiger partial charge in [-0.15, -0.1) is 0 Å². The molecular formula is C33H40N6O4. The maximum absolute atomic E-state index is 14.2. The number of imide groups is 1. The Morgan fingerprint density at radius 2 is 1.58 bits per heavy atom. The minimum absolute atomic E-state index is 0.00583. The van der Waals surface area contributed by atoms with Crippen molar-refractivity contribution >= 4 is 23.5 Å². The van der Waals surface area contributed by atoms with Crippen LogP contribution in [0.25, 0.3) is 0 Å². The Balaban J connectivity index is 1.41. The SMILES string of the molecule is COc1ccc(C(CCCN=C(N)N)N2C(=O)c3cccc(N4CCN([C@H](C)c5ccccc5)CC4)c3C2=O)cc1OC. The largest absolute Gasteiger partial charge is 0.493 e. The third-order valence-electron chi connectivity index (χ3n) is 8.44. The van der Waals surface area contributed by atoms with E-state index in [1.807, 2.05) is 30.3 Å². The van der Waals surface area contributed by atoms with Gasteiger partial charge in [0.2, 0.25) is 0 Å². The molecule has 3 aromatic rings. The van der Waals surface area contributed by atoms with Crippen molar-refractivity contribution in [2.45, 2.75) is 31.8 Å². The second-order valence-corrected chi connectivity index (χ2v) is 10.9. The summed E-state index contributed by atoms with van der Waals surface area (Å²) in [6, 6.07) is 21.3. The molecule has 1 unspecified atom stereocenters. The molecule has 4 N–H and O–H groups in total. The van der Waals surface area contributed by atoms with Crippen LogP contribution >= 0.6 is 0 Å². The van der Waals surface area contributed by atoms with Gasteiger partial charge in [0.15, 0.2) is 17.5 Å². The lowest BCUT2D eigenvalue weighted by Crippen LogP contribution is -2.47. The number of fused-ring (bicyclic) bond motifs is 1. The highest BCUT2D eigenvalue weighted by atomic mass is 16.5. The molecule has 0 saturated carbocycles. The van der Waals surface area contributed by atoms with E-state index in [-0.39, 0.29) is 17.8 Å². The van der Waals surface area contributed by atoms with Gasteiger partial charge in [-0.05, 0) is 55.2 Å². The Bertz CT molecular complexity index is 1480. The number of carbonyl (C=O) groups is 2. The average molecular weight is 585 g/mol. The molecule has 10 nitrogen and oxygen atoms in total. The summed E-state index contributed by atoms with van der Waals surface area (Å²) in [5.74, 6) is 0.494. The summed E-state index contributed by atoms with van der Waals surface area (Å²) >= 11 is 0. The predicted molar refractivity (Wildman–Crippen MR) is 168 cm³/mol. The molecule has 226 valence electrons. The van der Waals surface area contributed by atoms with Crippen LogP contribution in [0.15, 0.2) is 71.7 Å². The summed E-state index contributed by atoms with van der Waals surface area (Å²) in [6.45, 7) is 5.83. The van der Waals surface area contributed by atoms with E-state index in [0.29, 0.717) is 48.1 Å². The molecule has 43 heavy (non-hydrogen) atoms. The Morgan fingerprint density at radius 3 is 2.26 bits per heavy atom. The molecule has 1 fully saturated rings. The fourth-order valence-corrected chi connectivity index (χ4v) is 6.12. The molecule has 0 aromatic heterocycles. The van der Waals surface area contributed by atoms with Gasteiger partial charge in [-0.2, -0.15) is 0 Å². The minimum Gasteiger partial charge on any atom is -0.493 e. The van der Waals surface area contributed by atoms with Crippen LogP contribution in [0.3, 0.4) is 0 Å². The predicted octanol–water partition coefficient (Wildman–Crippen LogP) is 3.98. The lowest BCUT2D eigenvalue weighted by Gasteiger charge is -2.39. The topological polar surface area (TPSA) is 127 Å². The van der Waals surface area contributed by atoms with Crippen molar-refractivity contribution in [3.8, 4) is 11.5 Å². The fourth-order valence-electron chi connectivity index (χ4n) is 6.12. The summed E-state index contributed by atoms with van der Waals surface area (Å²) in [6.07, 6.45) is 1.04. The lowest BCUT2D eigenvalue weighted by atomic mass is 9.99. The number of hydrogen-bond donors (Lipinski definition) is 2. The van der Waals surface area contributed by atoms with Crippen molar-refractivity contribution < 1.29 is 19.1 Å². The zero-order valence-corrected chi connectivity index (χ0v) is 25.0.